The topological polar surface area (TPSA) is 63.2 Å². The van der Waals surface area contributed by atoms with Crippen LogP contribution in [0.25, 0.3) is 0 Å². The van der Waals surface area contributed by atoms with E-state index in [1.54, 1.807) is 0 Å². The van der Waals surface area contributed by atoms with Crippen LogP contribution in [0.4, 0.5) is 4.39 Å². The second-order valence-corrected chi connectivity index (χ2v) is 9.13. The summed E-state index contributed by atoms with van der Waals surface area (Å²) >= 11 is 0. The number of hydrogen-bond acceptors (Lipinski definition) is 3. The highest BCUT2D eigenvalue weighted by Crippen LogP contribution is 2.43. The van der Waals surface area contributed by atoms with Gasteiger partial charge in [0.1, 0.15) is 11.1 Å². The van der Waals surface area contributed by atoms with Crippen molar-refractivity contribution in [3.8, 4) is 0 Å². The molecule has 0 bridgehead atoms. The Labute approximate surface area is 153 Å². The van der Waals surface area contributed by atoms with Crippen molar-refractivity contribution in [3.63, 3.8) is 0 Å². The molecule has 1 aliphatic carbocycles. The van der Waals surface area contributed by atoms with Crippen LogP contribution in [0.15, 0.2) is 59.5 Å². The Hall–Kier alpha value is -2.21. The Morgan fingerprint density at radius 3 is 2.27 bits per heavy atom. The van der Waals surface area contributed by atoms with E-state index in [1.165, 1.54) is 24.6 Å². The molecule has 0 radical (unpaired) electrons. The molecule has 1 unspecified atom stereocenters. The maximum atomic E-state index is 13.0. The van der Waals surface area contributed by atoms with Crippen LogP contribution >= 0.6 is 0 Å². The van der Waals surface area contributed by atoms with Gasteiger partial charge in [-0.1, -0.05) is 36.8 Å². The quantitative estimate of drug-likeness (QED) is 0.789. The molecule has 4 nitrogen and oxygen atoms in total. The Balaban J connectivity index is 1.70. The van der Waals surface area contributed by atoms with Crippen LogP contribution in [-0.4, -0.2) is 26.1 Å². The molecule has 26 heavy (non-hydrogen) atoms. The highest BCUT2D eigenvalue weighted by atomic mass is 32.2. The van der Waals surface area contributed by atoms with Crippen LogP contribution in [0.1, 0.15) is 31.7 Å². The molecule has 0 heterocycles. The number of carbonyl (C=O) groups is 1. The molecule has 6 heteroatoms. The molecule has 1 N–H and O–H groups in total. The fourth-order valence-corrected chi connectivity index (χ4v) is 4.62. The number of sulfone groups is 1. The molecule has 1 atom stereocenters. The number of halogens is 1. The van der Waals surface area contributed by atoms with Gasteiger partial charge in [-0.05, 0) is 49.6 Å². The van der Waals surface area contributed by atoms with Crippen molar-refractivity contribution in [1.82, 2.24) is 5.32 Å². The molecule has 0 aromatic heterocycles. The Morgan fingerprint density at radius 1 is 1.12 bits per heavy atom. The summed E-state index contributed by atoms with van der Waals surface area (Å²) in [6, 6.07) is 14.5. The van der Waals surface area contributed by atoms with Gasteiger partial charge in [-0.2, -0.15) is 0 Å². The second-order valence-electron chi connectivity index (χ2n) is 6.86. The van der Waals surface area contributed by atoms with E-state index >= 15 is 0 Å². The Kier molecular flexibility index (Phi) is 5.14. The number of nitrogens with one attached hydrogen (secondary N) is 1. The molecule has 0 aliphatic heterocycles. The molecule has 0 saturated heterocycles. The molecule has 138 valence electrons. The van der Waals surface area contributed by atoms with E-state index in [4.69, 9.17) is 0 Å². The lowest BCUT2D eigenvalue weighted by Crippen LogP contribution is -2.48. The molecule has 1 aliphatic rings. The zero-order chi connectivity index (χ0) is 18.8. The van der Waals surface area contributed by atoms with Crippen molar-refractivity contribution in [3.05, 3.63) is 66.0 Å². The van der Waals surface area contributed by atoms with Gasteiger partial charge in [-0.3, -0.25) is 4.79 Å². The minimum Gasteiger partial charge on any atom is -0.354 e. The summed E-state index contributed by atoms with van der Waals surface area (Å²) in [6.45, 7) is 1.78. The maximum Gasteiger partial charge on any atom is 0.238 e. The fraction of sp³-hybridized carbons (Fsp3) is 0.350. The summed E-state index contributed by atoms with van der Waals surface area (Å²) in [6.07, 6.45) is 3.03. The third-order valence-corrected chi connectivity index (χ3v) is 7.35. The van der Waals surface area contributed by atoms with Gasteiger partial charge in [0.2, 0.25) is 5.91 Å². The van der Waals surface area contributed by atoms with Crippen LogP contribution < -0.4 is 5.32 Å². The normalized spacial score (nSPS) is 17.2. The lowest BCUT2D eigenvalue weighted by molar-refractivity contribution is -0.120. The third-order valence-electron chi connectivity index (χ3n) is 5.27. The van der Waals surface area contributed by atoms with E-state index in [2.05, 4.69) is 5.32 Å². The van der Waals surface area contributed by atoms with Crippen molar-refractivity contribution in [2.75, 3.05) is 6.54 Å². The lowest BCUT2D eigenvalue weighted by Gasteiger charge is -2.42. The van der Waals surface area contributed by atoms with Gasteiger partial charge in [-0.25, -0.2) is 12.8 Å². The second kappa shape index (κ2) is 7.19. The SMILES string of the molecule is CC(C(=O)NCC1(c2ccccc2)CCC1)S(=O)(=O)c1ccc(F)cc1. The smallest absolute Gasteiger partial charge is 0.238 e. The fourth-order valence-electron chi connectivity index (χ4n) is 3.33. The number of amides is 1. The van der Waals surface area contributed by atoms with Gasteiger partial charge < -0.3 is 5.32 Å². The van der Waals surface area contributed by atoms with E-state index in [0.717, 1.165) is 31.4 Å². The highest BCUT2D eigenvalue weighted by molar-refractivity contribution is 7.92. The summed E-state index contributed by atoms with van der Waals surface area (Å²) in [7, 11) is -3.85. The van der Waals surface area contributed by atoms with Gasteiger partial charge in [0.25, 0.3) is 0 Å². The monoisotopic (exact) mass is 375 g/mol. The van der Waals surface area contributed by atoms with Gasteiger partial charge in [0.05, 0.1) is 4.90 Å². The molecule has 3 rings (SSSR count). The van der Waals surface area contributed by atoms with Crippen molar-refractivity contribution in [2.24, 2.45) is 0 Å². The van der Waals surface area contributed by atoms with E-state index in [0.29, 0.717) is 6.54 Å². The molecule has 1 amide bonds. The van der Waals surface area contributed by atoms with Gasteiger partial charge in [-0.15, -0.1) is 0 Å². The largest absolute Gasteiger partial charge is 0.354 e. The third kappa shape index (κ3) is 3.51. The lowest BCUT2D eigenvalue weighted by atomic mass is 9.64. The summed E-state index contributed by atoms with van der Waals surface area (Å²) in [5.74, 6) is -1.05. The average Bonchev–Trinajstić information content (AvgIpc) is 2.61. The number of rotatable bonds is 6. The first kappa shape index (κ1) is 18.6. The zero-order valence-corrected chi connectivity index (χ0v) is 15.4. The number of benzene rings is 2. The summed E-state index contributed by atoms with van der Waals surface area (Å²) < 4.78 is 38.2. The zero-order valence-electron chi connectivity index (χ0n) is 14.6. The van der Waals surface area contributed by atoms with Gasteiger partial charge in [0.15, 0.2) is 9.84 Å². The van der Waals surface area contributed by atoms with Crippen molar-refractivity contribution in [1.29, 1.82) is 0 Å². The summed E-state index contributed by atoms with van der Waals surface area (Å²) in [5, 5.41) is 1.58. The van der Waals surface area contributed by atoms with E-state index in [1.807, 2.05) is 30.3 Å². The number of hydrogen-bond donors (Lipinski definition) is 1. The van der Waals surface area contributed by atoms with Crippen LogP contribution in [0.5, 0.6) is 0 Å². The first-order chi connectivity index (χ1) is 12.3. The van der Waals surface area contributed by atoms with Crippen LogP contribution in [0.3, 0.4) is 0 Å². The molecular formula is C20H22FNO3S. The molecule has 0 spiro atoms. The first-order valence-electron chi connectivity index (χ1n) is 8.68. The van der Waals surface area contributed by atoms with E-state index in [9.17, 15) is 17.6 Å². The molecule has 2 aromatic carbocycles. The standard InChI is InChI=1S/C20H22FNO3S/c1-15(26(24,25)18-10-8-17(21)9-11-18)19(23)22-14-20(12-5-13-20)16-6-3-2-4-7-16/h2-4,6-11,15H,5,12-14H2,1H3,(H,22,23). The summed E-state index contributed by atoms with van der Waals surface area (Å²) in [4.78, 5) is 12.4. The van der Waals surface area contributed by atoms with Gasteiger partial charge in [0, 0.05) is 12.0 Å². The van der Waals surface area contributed by atoms with E-state index in [-0.39, 0.29) is 10.3 Å². The van der Waals surface area contributed by atoms with Crippen LogP contribution in [0, 0.1) is 5.82 Å². The minimum atomic E-state index is -3.85. The highest BCUT2D eigenvalue weighted by Gasteiger charge is 2.39. The average molecular weight is 375 g/mol. The van der Waals surface area contributed by atoms with Crippen molar-refractivity contribution < 1.29 is 17.6 Å². The molecular weight excluding hydrogens is 353 g/mol. The molecule has 1 fully saturated rings. The molecule has 1 saturated carbocycles. The van der Waals surface area contributed by atoms with Crippen molar-refractivity contribution in [2.45, 2.75) is 41.7 Å². The maximum absolute atomic E-state index is 13.0. The van der Waals surface area contributed by atoms with E-state index < -0.39 is 26.8 Å². The van der Waals surface area contributed by atoms with Crippen molar-refractivity contribution >= 4 is 15.7 Å². The molecule has 2 aromatic rings. The van der Waals surface area contributed by atoms with Crippen LogP contribution in [0.2, 0.25) is 0 Å². The summed E-state index contributed by atoms with van der Waals surface area (Å²) in [5.41, 5.74) is 1.05. The van der Waals surface area contributed by atoms with Crippen LogP contribution in [-0.2, 0) is 20.0 Å². The first-order valence-corrected chi connectivity index (χ1v) is 10.2. The van der Waals surface area contributed by atoms with Gasteiger partial charge >= 0.3 is 0 Å². The Morgan fingerprint density at radius 2 is 1.73 bits per heavy atom. The predicted molar refractivity (Wildman–Crippen MR) is 98.0 cm³/mol. The number of carbonyl (C=O) groups excluding carboxylic acids is 1. The Bertz CT molecular complexity index is 875. The minimum absolute atomic E-state index is 0.0528. The predicted octanol–water partition coefficient (Wildman–Crippen LogP) is 3.23.